The molecule has 0 radical (unpaired) electrons. The molecule has 7 nitrogen and oxygen atoms in total. The Bertz CT molecular complexity index is 1540. The summed E-state index contributed by atoms with van der Waals surface area (Å²) in [6.45, 7) is 2.02. The molecule has 3 aromatic carbocycles. The van der Waals surface area contributed by atoms with Crippen LogP contribution in [0.1, 0.15) is 15.9 Å². The lowest BCUT2D eigenvalue weighted by molar-refractivity contribution is 0.0996. The van der Waals surface area contributed by atoms with Gasteiger partial charge in [0.25, 0.3) is 5.91 Å². The first-order valence-electron chi connectivity index (χ1n) is 10.3. The van der Waals surface area contributed by atoms with E-state index in [-0.39, 0.29) is 11.6 Å². The summed E-state index contributed by atoms with van der Waals surface area (Å²) in [4.78, 5) is 20.7. The van der Waals surface area contributed by atoms with Crippen molar-refractivity contribution in [3.63, 3.8) is 0 Å². The van der Waals surface area contributed by atoms with Crippen molar-refractivity contribution in [3.05, 3.63) is 83.9 Å². The number of carbonyl (C=O) groups is 1. The molecule has 0 saturated carbocycles. The van der Waals surface area contributed by atoms with Crippen LogP contribution in [-0.4, -0.2) is 28.1 Å². The number of azo groups is 1. The Morgan fingerprint density at radius 3 is 2.58 bits per heavy atom. The van der Waals surface area contributed by atoms with Gasteiger partial charge in [0.15, 0.2) is 5.69 Å². The SMILES string of the molecule is COc1ccc2[nH]c(O)c(N=NC(=O)c3cc(-c4ccc(C)cc4)nc4ccccc34)c2c1. The molecule has 0 saturated heterocycles. The van der Waals surface area contributed by atoms with E-state index in [0.29, 0.717) is 38.8 Å². The molecule has 1 amide bonds. The standard InChI is InChI=1S/C26H20N4O3/c1-15-7-9-16(10-8-15)23-14-19(18-5-3-4-6-21(18)27-23)25(31)30-29-24-20-13-17(33-2)11-12-22(20)28-26(24)32/h3-14,28,32H,1-2H3. The van der Waals surface area contributed by atoms with Crippen molar-refractivity contribution in [3.8, 4) is 22.9 Å². The number of benzene rings is 3. The van der Waals surface area contributed by atoms with Crippen molar-refractivity contribution < 1.29 is 14.6 Å². The highest BCUT2D eigenvalue weighted by Gasteiger charge is 2.16. The fraction of sp³-hybridized carbons (Fsp3) is 0.0769. The molecule has 0 spiro atoms. The highest BCUT2D eigenvalue weighted by Crippen LogP contribution is 2.37. The largest absolute Gasteiger partial charge is 0.497 e. The van der Waals surface area contributed by atoms with Crippen LogP contribution in [0.5, 0.6) is 11.6 Å². The molecule has 2 aromatic heterocycles. The molecule has 0 aliphatic rings. The van der Waals surface area contributed by atoms with Crippen LogP contribution in [-0.2, 0) is 0 Å². The first-order valence-corrected chi connectivity index (χ1v) is 10.3. The van der Waals surface area contributed by atoms with Gasteiger partial charge in [-0.2, -0.15) is 0 Å². The molecule has 162 valence electrons. The summed E-state index contributed by atoms with van der Waals surface area (Å²) >= 11 is 0. The van der Waals surface area contributed by atoms with Crippen LogP contribution in [0.15, 0.2) is 83.0 Å². The second-order valence-electron chi connectivity index (χ2n) is 7.68. The monoisotopic (exact) mass is 436 g/mol. The number of nitrogens with one attached hydrogen (secondary N) is 1. The molecule has 5 rings (SSSR count). The quantitative estimate of drug-likeness (QED) is 0.322. The van der Waals surface area contributed by atoms with E-state index in [4.69, 9.17) is 9.72 Å². The third kappa shape index (κ3) is 3.80. The van der Waals surface area contributed by atoms with Crippen molar-refractivity contribution in [2.75, 3.05) is 7.11 Å². The van der Waals surface area contributed by atoms with Gasteiger partial charge in [0.2, 0.25) is 5.88 Å². The van der Waals surface area contributed by atoms with Crippen LogP contribution < -0.4 is 4.74 Å². The Morgan fingerprint density at radius 2 is 1.79 bits per heavy atom. The van der Waals surface area contributed by atoms with E-state index in [9.17, 15) is 9.90 Å². The van der Waals surface area contributed by atoms with Crippen LogP contribution in [0, 0.1) is 6.92 Å². The van der Waals surface area contributed by atoms with Crippen molar-refractivity contribution in [1.82, 2.24) is 9.97 Å². The van der Waals surface area contributed by atoms with Gasteiger partial charge in [-0.25, -0.2) is 4.98 Å². The highest BCUT2D eigenvalue weighted by molar-refractivity contribution is 6.07. The average Bonchev–Trinajstić information content (AvgIpc) is 3.16. The molecule has 0 atom stereocenters. The number of hydrogen-bond acceptors (Lipinski definition) is 5. The Balaban J connectivity index is 1.59. The third-order valence-electron chi connectivity index (χ3n) is 5.49. The number of carbonyl (C=O) groups excluding carboxylic acids is 1. The zero-order valence-corrected chi connectivity index (χ0v) is 18.0. The van der Waals surface area contributed by atoms with Gasteiger partial charge in [-0.3, -0.25) is 4.79 Å². The molecule has 33 heavy (non-hydrogen) atoms. The predicted molar refractivity (Wildman–Crippen MR) is 127 cm³/mol. The Hall–Kier alpha value is -4.52. The van der Waals surface area contributed by atoms with Gasteiger partial charge in [0.05, 0.1) is 29.4 Å². The lowest BCUT2D eigenvalue weighted by Crippen LogP contribution is -1.99. The summed E-state index contributed by atoms with van der Waals surface area (Å²) in [5, 5.41) is 19.6. The van der Waals surface area contributed by atoms with Crippen LogP contribution in [0.25, 0.3) is 33.1 Å². The first kappa shape index (κ1) is 20.4. The maximum Gasteiger partial charge on any atom is 0.296 e. The van der Waals surface area contributed by atoms with Gasteiger partial charge in [-0.05, 0) is 37.3 Å². The van der Waals surface area contributed by atoms with E-state index in [1.165, 1.54) is 0 Å². The van der Waals surface area contributed by atoms with E-state index < -0.39 is 5.91 Å². The molecular formula is C26H20N4O3. The van der Waals surface area contributed by atoms with E-state index in [0.717, 1.165) is 11.1 Å². The number of aromatic hydroxyl groups is 1. The summed E-state index contributed by atoms with van der Waals surface area (Å²) in [6, 6.07) is 22.3. The third-order valence-corrected chi connectivity index (χ3v) is 5.49. The molecule has 5 aromatic rings. The van der Waals surface area contributed by atoms with E-state index in [1.54, 1.807) is 31.4 Å². The number of amides is 1. The number of H-pyrrole nitrogens is 1. The highest BCUT2D eigenvalue weighted by atomic mass is 16.5. The smallest absolute Gasteiger partial charge is 0.296 e. The molecule has 0 unspecified atom stereocenters. The van der Waals surface area contributed by atoms with Crippen molar-refractivity contribution in [2.45, 2.75) is 6.92 Å². The van der Waals surface area contributed by atoms with Crippen molar-refractivity contribution in [1.29, 1.82) is 0 Å². The number of nitrogens with zero attached hydrogens (tertiary/aromatic N) is 3. The Morgan fingerprint density at radius 1 is 1.00 bits per heavy atom. The van der Waals surface area contributed by atoms with E-state index >= 15 is 0 Å². The number of aryl methyl sites for hydroxylation is 1. The lowest BCUT2D eigenvalue weighted by atomic mass is 10.0. The van der Waals surface area contributed by atoms with Gasteiger partial charge >= 0.3 is 0 Å². The number of aromatic amines is 1. The molecule has 0 aliphatic heterocycles. The number of para-hydroxylation sites is 1. The molecular weight excluding hydrogens is 416 g/mol. The lowest BCUT2D eigenvalue weighted by Gasteiger charge is -2.07. The molecule has 2 N–H and O–H groups in total. The van der Waals surface area contributed by atoms with Gasteiger partial charge in [0.1, 0.15) is 5.75 Å². The molecule has 0 fully saturated rings. The zero-order valence-electron chi connectivity index (χ0n) is 18.0. The number of methoxy groups -OCH3 is 1. The molecule has 2 heterocycles. The summed E-state index contributed by atoms with van der Waals surface area (Å²) in [5.41, 5.74) is 4.62. The molecule has 7 heteroatoms. The minimum atomic E-state index is -0.529. The second kappa shape index (κ2) is 8.20. The number of ether oxygens (including phenoxy) is 1. The minimum absolute atomic E-state index is 0.172. The second-order valence-corrected chi connectivity index (χ2v) is 7.68. The van der Waals surface area contributed by atoms with Crippen LogP contribution >= 0.6 is 0 Å². The number of fused-ring (bicyclic) bond motifs is 2. The average molecular weight is 436 g/mol. The Labute approximate surface area is 189 Å². The minimum Gasteiger partial charge on any atom is -0.497 e. The van der Waals surface area contributed by atoms with Crippen molar-refractivity contribution >= 4 is 33.4 Å². The molecule has 0 aliphatic carbocycles. The summed E-state index contributed by atoms with van der Waals surface area (Å²) in [5.74, 6) is -0.0968. The number of hydrogen-bond donors (Lipinski definition) is 2. The first-order chi connectivity index (χ1) is 16.0. The summed E-state index contributed by atoms with van der Waals surface area (Å²) in [7, 11) is 1.55. The number of aromatic nitrogens is 2. The van der Waals surface area contributed by atoms with Gasteiger partial charge in [-0.15, -0.1) is 10.2 Å². The summed E-state index contributed by atoms with van der Waals surface area (Å²) in [6.07, 6.45) is 0. The number of pyridine rings is 1. The zero-order chi connectivity index (χ0) is 22.9. The van der Waals surface area contributed by atoms with Crippen LogP contribution in [0.3, 0.4) is 0 Å². The maximum atomic E-state index is 13.2. The Kier molecular flexibility index (Phi) is 5.06. The van der Waals surface area contributed by atoms with Crippen molar-refractivity contribution in [2.24, 2.45) is 10.2 Å². The maximum absolute atomic E-state index is 13.2. The van der Waals surface area contributed by atoms with Gasteiger partial charge in [-0.1, -0.05) is 48.0 Å². The normalized spacial score (nSPS) is 11.5. The molecule has 0 bridgehead atoms. The summed E-state index contributed by atoms with van der Waals surface area (Å²) < 4.78 is 5.25. The fourth-order valence-corrected chi connectivity index (χ4v) is 3.74. The van der Waals surface area contributed by atoms with E-state index in [1.807, 2.05) is 55.5 Å². The fourth-order valence-electron chi connectivity index (χ4n) is 3.74. The van der Waals surface area contributed by atoms with E-state index in [2.05, 4.69) is 15.2 Å². The number of rotatable bonds is 4. The van der Waals surface area contributed by atoms with Gasteiger partial charge in [0, 0.05) is 16.3 Å². The van der Waals surface area contributed by atoms with Crippen LogP contribution in [0.2, 0.25) is 0 Å². The predicted octanol–water partition coefficient (Wildman–Crippen LogP) is 6.33. The van der Waals surface area contributed by atoms with Gasteiger partial charge < -0.3 is 14.8 Å². The van der Waals surface area contributed by atoms with Crippen LogP contribution in [0.4, 0.5) is 5.69 Å². The topological polar surface area (TPSA) is 99.9 Å².